The lowest BCUT2D eigenvalue weighted by atomic mass is 10.1. The molecule has 0 aliphatic rings. The van der Waals surface area contributed by atoms with Gasteiger partial charge >= 0.3 is 26.9 Å². The van der Waals surface area contributed by atoms with E-state index in [2.05, 4.69) is 174 Å². The predicted octanol–water partition coefficient (Wildman–Crippen LogP) is 10.8. The quantitative estimate of drug-likeness (QED) is 0.112. The molecule has 0 aliphatic heterocycles. The summed E-state index contributed by atoms with van der Waals surface area (Å²) in [5.41, 5.74) is 4.32. The Morgan fingerprint density at radius 2 is 0.680 bits per heavy atom. The molecule has 0 radical (unpaired) electrons. The lowest BCUT2D eigenvalue weighted by Gasteiger charge is -2.49. The summed E-state index contributed by atoms with van der Waals surface area (Å²) in [7, 11) is -29.0. The van der Waals surface area contributed by atoms with E-state index in [0.717, 1.165) is 17.6 Å². The van der Waals surface area contributed by atoms with Gasteiger partial charge in [-0.25, -0.2) is 0 Å². The highest BCUT2D eigenvalue weighted by Gasteiger charge is 2.68. The molecule has 0 heterocycles. The molecule has 0 amide bonds. The van der Waals surface area contributed by atoms with Gasteiger partial charge in [0.1, 0.15) is 0 Å². The van der Waals surface area contributed by atoms with E-state index in [1.54, 1.807) is 0 Å². The molecule has 0 N–H and O–H groups in total. The van der Waals surface area contributed by atoms with E-state index >= 15 is 0 Å². The second-order valence-corrected chi connectivity index (χ2v) is 60.1. The van der Waals surface area contributed by atoms with E-state index in [1.807, 2.05) is 6.07 Å². The van der Waals surface area contributed by atoms with Crippen molar-refractivity contribution in [2.24, 2.45) is 0 Å². The molecule has 50 heavy (non-hydrogen) atoms. The summed E-state index contributed by atoms with van der Waals surface area (Å²) in [6.07, 6.45) is 0.750. The van der Waals surface area contributed by atoms with E-state index in [-0.39, 0.29) is 0 Å². The standard InChI is InChI=1S/C31H74O9Si10/c1-23-30(31-27-25-24-26-28-31)29-48(32-41(2,3)4,33-42(5,6)7)39-50(37-46(17,18)19,38-47(20,21)22)40-49(34-43(8,9)10,35-44(11,12)13)36-45(14,15)16/h24-29H,23H2,1-22H3. The first-order valence-electron chi connectivity index (χ1n) is 18.0. The van der Waals surface area contributed by atoms with Crippen LogP contribution >= 0.6 is 0 Å². The second-order valence-electron chi connectivity index (χ2n) is 19.7. The second kappa shape index (κ2) is 17.3. The van der Waals surface area contributed by atoms with Crippen molar-refractivity contribution in [1.29, 1.82) is 0 Å². The molecule has 1 rings (SSSR count). The summed E-state index contributed by atoms with van der Waals surface area (Å²) >= 11 is 0. The van der Waals surface area contributed by atoms with Crippen LogP contribution in [0.1, 0.15) is 18.9 Å². The summed E-state index contributed by atoms with van der Waals surface area (Å²) in [5.74, 6) is 0. The number of hydrogen-bond acceptors (Lipinski definition) is 9. The van der Waals surface area contributed by atoms with Crippen LogP contribution in [0.5, 0.6) is 0 Å². The SMILES string of the molecule is CCC(=C[Si](O[Si](C)(C)C)(O[Si](C)(C)C)O[Si](O[Si](C)(C)C)(O[Si](C)(C)C)O[Si](O[Si](C)(C)C)(O[Si](C)(C)C)O[Si](C)(C)C)c1ccccc1. The molecule has 1 aromatic carbocycles. The van der Waals surface area contributed by atoms with Crippen molar-refractivity contribution in [3.05, 3.63) is 41.6 Å². The third kappa shape index (κ3) is 20.4. The van der Waals surface area contributed by atoms with E-state index in [0.29, 0.717) is 0 Å². The molecular weight excluding hydrogens is 797 g/mol. The van der Waals surface area contributed by atoms with E-state index < -0.39 is 85.1 Å². The van der Waals surface area contributed by atoms with Gasteiger partial charge in [-0.2, -0.15) is 0 Å². The minimum Gasteiger partial charge on any atom is -0.414 e. The van der Waals surface area contributed by atoms with Crippen LogP contribution in [-0.2, 0) is 37.0 Å². The van der Waals surface area contributed by atoms with Crippen molar-refractivity contribution in [3.63, 3.8) is 0 Å². The maximum absolute atomic E-state index is 7.65. The molecule has 0 fully saturated rings. The minimum atomic E-state index is -4.33. The van der Waals surface area contributed by atoms with E-state index in [9.17, 15) is 0 Å². The van der Waals surface area contributed by atoms with Gasteiger partial charge in [0.05, 0.1) is 0 Å². The molecule has 0 aliphatic carbocycles. The molecule has 1 aromatic rings. The molecule has 0 unspecified atom stereocenters. The summed E-state index contributed by atoms with van der Waals surface area (Å²) < 4.78 is 65.6. The highest BCUT2D eigenvalue weighted by Crippen LogP contribution is 2.38. The van der Waals surface area contributed by atoms with Gasteiger partial charge in [-0.15, -0.1) is 0 Å². The number of rotatable bonds is 21. The fraction of sp³-hybridized carbons (Fsp3) is 0.742. The largest absolute Gasteiger partial charge is 0.645 e. The van der Waals surface area contributed by atoms with Gasteiger partial charge in [0, 0.05) is 0 Å². The molecule has 19 heteroatoms. The topological polar surface area (TPSA) is 83.1 Å². The smallest absolute Gasteiger partial charge is 0.414 e. The normalized spacial score (nSPS) is 15.5. The Hall–Kier alpha value is 0.769. The monoisotopic (exact) mass is 870 g/mol. The Balaban J connectivity index is 4.54. The van der Waals surface area contributed by atoms with Crippen LogP contribution < -0.4 is 0 Å². The van der Waals surface area contributed by atoms with Crippen LogP contribution in [0.3, 0.4) is 0 Å². The fourth-order valence-electron chi connectivity index (χ4n) is 4.71. The number of benzene rings is 1. The van der Waals surface area contributed by atoms with Crippen LogP contribution in [0.25, 0.3) is 5.57 Å². The molecule has 9 nitrogen and oxygen atoms in total. The molecule has 0 aromatic heterocycles. The lowest BCUT2D eigenvalue weighted by Crippen LogP contribution is -2.74. The summed E-state index contributed by atoms with van der Waals surface area (Å²) in [6, 6.07) is 10.4. The average molecular weight is 872 g/mol. The van der Waals surface area contributed by atoms with Crippen LogP contribution in [0.15, 0.2) is 36.0 Å². The fourth-order valence-corrected chi connectivity index (χ4v) is 38.8. The van der Waals surface area contributed by atoms with Crippen molar-refractivity contribution in [1.82, 2.24) is 0 Å². The molecule has 0 atom stereocenters. The molecule has 292 valence electrons. The zero-order valence-corrected chi connectivity index (χ0v) is 45.8. The van der Waals surface area contributed by atoms with Crippen molar-refractivity contribution in [2.45, 2.75) is 151 Å². The van der Waals surface area contributed by atoms with Gasteiger partial charge in [-0.3, -0.25) is 0 Å². The molecule has 0 spiro atoms. The van der Waals surface area contributed by atoms with Gasteiger partial charge in [0.25, 0.3) is 0 Å². The summed E-state index contributed by atoms with van der Waals surface area (Å²) in [6.45, 7) is 47.3. The van der Waals surface area contributed by atoms with Gasteiger partial charge in [0.2, 0.25) is 0 Å². The molecule has 0 saturated carbocycles. The Morgan fingerprint density at radius 1 is 0.400 bits per heavy atom. The van der Waals surface area contributed by atoms with Crippen LogP contribution in [0.4, 0.5) is 0 Å². The third-order valence-electron chi connectivity index (χ3n) is 5.45. The van der Waals surface area contributed by atoms with E-state index in [4.69, 9.17) is 37.0 Å². The Bertz CT molecular complexity index is 1160. The Morgan fingerprint density at radius 3 is 0.940 bits per heavy atom. The zero-order chi connectivity index (χ0) is 39.5. The summed E-state index contributed by atoms with van der Waals surface area (Å²) in [5, 5.41) is 0. The first kappa shape index (κ1) is 48.8. The number of hydrogen-bond donors (Lipinski definition) is 0. The first-order valence-corrected chi connectivity index (χ1v) is 46.9. The van der Waals surface area contributed by atoms with Crippen molar-refractivity contribution in [3.8, 4) is 0 Å². The Labute approximate surface area is 318 Å². The minimum absolute atomic E-state index is 0.750. The molecule has 0 bridgehead atoms. The van der Waals surface area contributed by atoms with Gasteiger partial charge < -0.3 is 37.0 Å². The van der Waals surface area contributed by atoms with Crippen LogP contribution in [0, 0.1) is 0 Å². The van der Waals surface area contributed by atoms with Crippen LogP contribution in [-0.4, -0.2) is 85.1 Å². The van der Waals surface area contributed by atoms with Crippen LogP contribution in [0.2, 0.25) is 137 Å². The maximum atomic E-state index is 7.65. The Kier molecular flexibility index (Phi) is 16.9. The highest BCUT2D eigenvalue weighted by molar-refractivity contribution is 6.96. The van der Waals surface area contributed by atoms with Gasteiger partial charge in [-0.1, -0.05) is 37.3 Å². The zero-order valence-electron chi connectivity index (χ0n) is 35.8. The summed E-state index contributed by atoms with van der Waals surface area (Å²) in [4.78, 5) is 0. The first-order chi connectivity index (χ1) is 21.9. The molecule has 0 saturated heterocycles. The van der Waals surface area contributed by atoms with E-state index in [1.165, 1.54) is 0 Å². The number of allylic oxidation sites excluding steroid dienone is 1. The third-order valence-corrected chi connectivity index (χ3v) is 34.7. The van der Waals surface area contributed by atoms with Gasteiger partial charge in [0.15, 0.2) is 58.2 Å². The van der Waals surface area contributed by atoms with Crippen molar-refractivity contribution in [2.75, 3.05) is 0 Å². The molecular formula is C31H74O9Si10. The predicted molar refractivity (Wildman–Crippen MR) is 235 cm³/mol. The lowest BCUT2D eigenvalue weighted by molar-refractivity contribution is 0.0532. The van der Waals surface area contributed by atoms with Gasteiger partial charge in [-0.05, 0) is 161 Å². The average Bonchev–Trinajstić information content (AvgIpc) is 2.74. The highest BCUT2D eigenvalue weighted by atomic mass is 28.6. The van der Waals surface area contributed by atoms with Crippen molar-refractivity contribution < 1.29 is 37.0 Å². The van der Waals surface area contributed by atoms with Crippen molar-refractivity contribution >= 4 is 90.7 Å². The maximum Gasteiger partial charge on any atom is 0.645 e.